The summed E-state index contributed by atoms with van der Waals surface area (Å²) in [5.41, 5.74) is 1.72. The molecule has 1 rings (SSSR count). The number of aryl methyl sites for hydroxylation is 1. The fraction of sp³-hybridized carbons (Fsp3) is 0.556. The van der Waals surface area contributed by atoms with Crippen LogP contribution in [0.25, 0.3) is 0 Å². The number of aromatic nitrogens is 3. The molecule has 0 amide bonds. The van der Waals surface area contributed by atoms with Gasteiger partial charge in [-0.25, -0.2) is 4.98 Å². The minimum atomic E-state index is 0.618. The number of nitrogens with zero attached hydrogens (tertiary/aromatic N) is 4. The zero-order valence-electron chi connectivity index (χ0n) is 9.10. The first-order valence-corrected chi connectivity index (χ1v) is 5.64. The van der Waals surface area contributed by atoms with Crippen LogP contribution in [0.1, 0.15) is 18.3 Å². The summed E-state index contributed by atoms with van der Waals surface area (Å²) in [4.78, 5) is 8.96. The monoisotopic (exact) mass is 226 g/mol. The Balaban J connectivity index is 2.75. The van der Waals surface area contributed by atoms with Gasteiger partial charge in [-0.1, -0.05) is 23.8 Å². The highest BCUT2D eigenvalue weighted by atomic mass is 32.2. The molecular formula is C9H14N4OS. The van der Waals surface area contributed by atoms with E-state index in [1.54, 1.807) is 18.0 Å². The van der Waals surface area contributed by atoms with Crippen LogP contribution in [0.2, 0.25) is 0 Å². The predicted octanol–water partition coefficient (Wildman–Crippen LogP) is 1.47. The zero-order chi connectivity index (χ0) is 11.1. The van der Waals surface area contributed by atoms with E-state index >= 15 is 0 Å². The van der Waals surface area contributed by atoms with Gasteiger partial charge in [0.1, 0.15) is 7.11 Å². The van der Waals surface area contributed by atoms with Crippen molar-refractivity contribution >= 4 is 18.0 Å². The molecule has 0 bridgehead atoms. The molecule has 6 heteroatoms. The van der Waals surface area contributed by atoms with E-state index in [0.717, 1.165) is 17.1 Å². The summed E-state index contributed by atoms with van der Waals surface area (Å²) in [6.07, 6.45) is 2.28. The molecule has 0 saturated heterocycles. The van der Waals surface area contributed by atoms with Crippen molar-refractivity contribution in [3.05, 3.63) is 11.4 Å². The lowest BCUT2D eigenvalue weighted by molar-refractivity contribution is 0.214. The maximum absolute atomic E-state index is 4.58. The fourth-order valence-electron chi connectivity index (χ4n) is 0.976. The molecule has 0 aliphatic carbocycles. The van der Waals surface area contributed by atoms with E-state index < -0.39 is 0 Å². The second kappa shape index (κ2) is 6.34. The first-order chi connectivity index (χ1) is 7.27. The van der Waals surface area contributed by atoms with Crippen LogP contribution in [0.4, 0.5) is 0 Å². The Bertz CT molecular complexity index is 343. The molecule has 0 spiro atoms. The highest BCUT2D eigenvalue weighted by Gasteiger charge is 2.04. The van der Waals surface area contributed by atoms with Crippen molar-refractivity contribution in [3.8, 4) is 0 Å². The molecule has 0 aliphatic rings. The van der Waals surface area contributed by atoms with Gasteiger partial charge in [-0.05, 0) is 12.7 Å². The van der Waals surface area contributed by atoms with Gasteiger partial charge in [-0.3, -0.25) is 0 Å². The van der Waals surface area contributed by atoms with Crippen LogP contribution in [0.5, 0.6) is 0 Å². The predicted molar refractivity (Wildman–Crippen MR) is 60.2 cm³/mol. The average molecular weight is 226 g/mol. The van der Waals surface area contributed by atoms with Gasteiger partial charge in [-0.15, -0.1) is 5.10 Å². The zero-order valence-corrected chi connectivity index (χ0v) is 9.91. The minimum absolute atomic E-state index is 0.618. The molecule has 0 aromatic carbocycles. The van der Waals surface area contributed by atoms with Crippen molar-refractivity contribution in [2.45, 2.75) is 25.4 Å². The molecule has 1 aromatic heterocycles. The van der Waals surface area contributed by atoms with Crippen LogP contribution in [0.15, 0.2) is 10.3 Å². The largest absolute Gasteiger partial charge is 0.399 e. The summed E-state index contributed by atoms with van der Waals surface area (Å²) in [7, 11) is 1.51. The van der Waals surface area contributed by atoms with E-state index in [0.29, 0.717) is 11.6 Å². The normalized spacial score (nSPS) is 10.9. The van der Waals surface area contributed by atoms with Gasteiger partial charge in [0.25, 0.3) is 0 Å². The van der Waals surface area contributed by atoms with Crippen LogP contribution < -0.4 is 0 Å². The fourth-order valence-corrected chi connectivity index (χ4v) is 1.51. The number of thioether (sulfide) groups is 1. The highest BCUT2D eigenvalue weighted by Crippen LogP contribution is 2.12. The lowest BCUT2D eigenvalue weighted by Gasteiger charge is -2.01. The second-order valence-electron chi connectivity index (χ2n) is 2.73. The Labute approximate surface area is 93.3 Å². The van der Waals surface area contributed by atoms with E-state index in [9.17, 15) is 0 Å². The Morgan fingerprint density at radius 2 is 2.27 bits per heavy atom. The first-order valence-electron chi connectivity index (χ1n) is 4.66. The summed E-state index contributed by atoms with van der Waals surface area (Å²) in [6, 6.07) is 0. The lowest BCUT2D eigenvalue weighted by Crippen LogP contribution is -2.03. The van der Waals surface area contributed by atoms with Crippen molar-refractivity contribution in [2.75, 3.05) is 12.9 Å². The number of rotatable bonds is 5. The van der Waals surface area contributed by atoms with E-state index in [2.05, 4.69) is 32.1 Å². The second-order valence-corrected chi connectivity index (χ2v) is 3.97. The topological polar surface area (TPSA) is 60.3 Å². The van der Waals surface area contributed by atoms with Crippen LogP contribution in [0.3, 0.4) is 0 Å². The van der Waals surface area contributed by atoms with E-state index in [-0.39, 0.29) is 0 Å². The molecule has 1 heterocycles. The third kappa shape index (κ3) is 3.83. The molecule has 82 valence electrons. The Kier molecular flexibility index (Phi) is 5.03. The third-order valence-corrected chi connectivity index (χ3v) is 2.39. The van der Waals surface area contributed by atoms with Gasteiger partial charge in [-0.2, -0.15) is 5.10 Å². The molecule has 0 aliphatic heterocycles. The molecule has 0 atom stereocenters. The maximum Gasteiger partial charge on any atom is 0.209 e. The summed E-state index contributed by atoms with van der Waals surface area (Å²) in [5, 5.41) is 12.4. The van der Waals surface area contributed by atoms with Crippen LogP contribution in [-0.4, -0.2) is 34.3 Å². The Morgan fingerprint density at radius 3 is 2.93 bits per heavy atom. The molecular weight excluding hydrogens is 212 g/mol. The molecule has 0 N–H and O–H groups in total. The van der Waals surface area contributed by atoms with Crippen molar-refractivity contribution < 1.29 is 4.84 Å². The van der Waals surface area contributed by atoms with Crippen molar-refractivity contribution in [1.29, 1.82) is 0 Å². The Hall–Kier alpha value is -1.17. The Morgan fingerprint density at radius 1 is 1.47 bits per heavy atom. The van der Waals surface area contributed by atoms with Gasteiger partial charge in [0.2, 0.25) is 5.16 Å². The highest BCUT2D eigenvalue weighted by molar-refractivity contribution is 7.99. The van der Waals surface area contributed by atoms with Crippen molar-refractivity contribution in [3.63, 3.8) is 0 Å². The number of hydrogen-bond acceptors (Lipinski definition) is 6. The standard InChI is InChI=1S/C9H14N4OS/c1-4-15-9-11-8(5-6-10-14-3)7(2)12-13-9/h6H,4-5H2,1-3H3/b10-6-. The van der Waals surface area contributed by atoms with E-state index in [1.807, 2.05) is 6.92 Å². The number of oxime groups is 1. The smallest absolute Gasteiger partial charge is 0.209 e. The van der Waals surface area contributed by atoms with Gasteiger partial charge in [0, 0.05) is 12.6 Å². The lowest BCUT2D eigenvalue weighted by atomic mass is 10.3. The van der Waals surface area contributed by atoms with E-state index in [1.165, 1.54) is 7.11 Å². The van der Waals surface area contributed by atoms with Gasteiger partial charge >= 0.3 is 0 Å². The molecule has 0 unspecified atom stereocenters. The molecule has 5 nitrogen and oxygen atoms in total. The summed E-state index contributed by atoms with van der Waals surface area (Å²) in [6.45, 7) is 3.94. The van der Waals surface area contributed by atoms with Crippen molar-refractivity contribution in [1.82, 2.24) is 15.2 Å². The first kappa shape index (κ1) is 11.9. The van der Waals surface area contributed by atoms with Crippen LogP contribution >= 0.6 is 11.8 Å². The van der Waals surface area contributed by atoms with Crippen molar-refractivity contribution in [2.24, 2.45) is 5.16 Å². The van der Waals surface area contributed by atoms with Crippen LogP contribution in [0, 0.1) is 6.92 Å². The number of hydrogen-bond donors (Lipinski definition) is 0. The van der Waals surface area contributed by atoms with Gasteiger partial charge < -0.3 is 4.84 Å². The summed E-state index contributed by atoms with van der Waals surface area (Å²) >= 11 is 1.58. The molecule has 15 heavy (non-hydrogen) atoms. The molecule has 1 aromatic rings. The van der Waals surface area contributed by atoms with E-state index in [4.69, 9.17) is 0 Å². The summed E-state index contributed by atoms with van der Waals surface area (Å²) < 4.78 is 0. The van der Waals surface area contributed by atoms with Crippen LogP contribution in [-0.2, 0) is 11.3 Å². The molecule has 0 radical (unpaired) electrons. The maximum atomic E-state index is 4.58. The van der Waals surface area contributed by atoms with Gasteiger partial charge in [0.15, 0.2) is 0 Å². The molecule has 0 fully saturated rings. The molecule has 0 saturated carbocycles. The summed E-state index contributed by atoms with van der Waals surface area (Å²) in [5.74, 6) is 0.941. The SMILES string of the molecule is CCSc1nnc(C)c(C/C=N\OC)n1. The minimum Gasteiger partial charge on any atom is -0.399 e. The average Bonchev–Trinajstić information content (AvgIpc) is 2.23. The van der Waals surface area contributed by atoms with Gasteiger partial charge in [0.05, 0.1) is 11.4 Å². The quantitative estimate of drug-likeness (QED) is 0.432. The third-order valence-electron chi connectivity index (χ3n) is 1.67.